The van der Waals surface area contributed by atoms with Crippen LogP contribution in [0.15, 0.2) is 36.7 Å². The number of carboxylic acids is 1. The molecule has 0 bridgehead atoms. The van der Waals surface area contributed by atoms with Crippen LogP contribution in [0.1, 0.15) is 20.9 Å². The highest BCUT2D eigenvalue weighted by Crippen LogP contribution is 2.24. The first-order valence-corrected chi connectivity index (χ1v) is 6.97. The van der Waals surface area contributed by atoms with Crippen molar-refractivity contribution in [2.45, 2.75) is 0 Å². The van der Waals surface area contributed by atoms with E-state index in [1.807, 2.05) is 18.2 Å². The van der Waals surface area contributed by atoms with Crippen LogP contribution in [-0.4, -0.2) is 20.5 Å². The number of nitrogens with zero attached hydrogens (tertiary/aromatic N) is 2. The van der Waals surface area contributed by atoms with Gasteiger partial charge in [-0.2, -0.15) is 0 Å². The Hall–Kier alpha value is -2.11. The van der Waals surface area contributed by atoms with Gasteiger partial charge in [-0.1, -0.05) is 41.1 Å². The lowest BCUT2D eigenvalue weighted by molar-refractivity contribution is 0.0701. The Kier molecular flexibility index (Phi) is 3.30. The van der Waals surface area contributed by atoms with E-state index in [0.717, 1.165) is 16.9 Å². The summed E-state index contributed by atoms with van der Waals surface area (Å²) in [7, 11) is 0. The van der Waals surface area contributed by atoms with Crippen molar-refractivity contribution < 1.29 is 9.90 Å². The maximum absolute atomic E-state index is 11.3. The molecule has 100 valence electrons. The second-order valence-electron chi connectivity index (χ2n) is 4.09. The van der Waals surface area contributed by atoms with E-state index < -0.39 is 5.97 Å². The zero-order valence-corrected chi connectivity index (χ0v) is 11.7. The molecular formula is C14H9ClN2O2S. The Morgan fingerprint density at radius 2 is 2.05 bits per heavy atom. The average molecular weight is 305 g/mol. The molecule has 3 aromatic rings. The lowest BCUT2D eigenvalue weighted by Crippen LogP contribution is -1.96. The number of carbonyl (C=O) groups is 1. The number of carboxylic acid groups (broad SMARTS) is 1. The van der Waals surface area contributed by atoms with Crippen LogP contribution in [0.4, 0.5) is 0 Å². The first-order chi connectivity index (χ1) is 9.65. The van der Waals surface area contributed by atoms with E-state index in [0.29, 0.717) is 15.7 Å². The van der Waals surface area contributed by atoms with E-state index >= 15 is 0 Å². The molecule has 1 N–H and O–H groups in total. The van der Waals surface area contributed by atoms with Crippen LogP contribution in [0.25, 0.3) is 17.1 Å². The number of aromatic carboxylic acids is 1. The molecule has 0 spiro atoms. The summed E-state index contributed by atoms with van der Waals surface area (Å²) in [6.07, 6.45) is 7.03. The number of benzene rings is 1. The van der Waals surface area contributed by atoms with E-state index in [9.17, 15) is 9.90 Å². The van der Waals surface area contributed by atoms with E-state index in [1.165, 1.54) is 0 Å². The van der Waals surface area contributed by atoms with Crippen molar-refractivity contribution in [1.29, 1.82) is 0 Å². The van der Waals surface area contributed by atoms with Crippen LogP contribution in [0.3, 0.4) is 0 Å². The highest BCUT2D eigenvalue weighted by molar-refractivity contribution is 7.19. The molecule has 2 heterocycles. The summed E-state index contributed by atoms with van der Waals surface area (Å²) in [5.74, 6) is -0.948. The lowest BCUT2D eigenvalue weighted by Gasteiger charge is -1.96. The zero-order chi connectivity index (χ0) is 14.1. The third-order valence-electron chi connectivity index (χ3n) is 2.79. The molecule has 0 radical (unpaired) electrons. The molecule has 0 aliphatic heterocycles. The normalized spacial score (nSPS) is 11.4. The van der Waals surface area contributed by atoms with E-state index in [1.54, 1.807) is 35.0 Å². The minimum atomic E-state index is -0.948. The smallest absolute Gasteiger partial charge is 0.348 e. The minimum Gasteiger partial charge on any atom is -0.477 e. The highest BCUT2D eigenvalue weighted by Gasteiger charge is 2.16. The zero-order valence-electron chi connectivity index (χ0n) is 10.2. The molecule has 1 aromatic carbocycles. The van der Waals surface area contributed by atoms with Crippen molar-refractivity contribution in [3.8, 4) is 0 Å². The van der Waals surface area contributed by atoms with Crippen molar-refractivity contribution in [3.05, 3.63) is 57.8 Å². The predicted octanol–water partition coefficient (Wildman–Crippen LogP) is 3.92. The molecule has 0 saturated heterocycles. The summed E-state index contributed by atoms with van der Waals surface area (Å²) in [6.45, 7) is 0. The average Bonchev–Trinajstić information content (AvgIpc) is 2.99. The van der Waals surface area contributed by atoms with Crippen molar-refractivity contribution in [2.24, 2.45) is 0 Å². The largest absolute Gasteiger partial charge is 0.477 e. The van der Waals surface area contributed by atoms with Gasteiger partial charge in [0, 0.05) is 17.4 Å². The Morgan fingerprint density at radius 3 is 2.75 bits per heavy atom. The van der Waals surface area contributed by atoms with E-state index in [2.05, 4.69) is 4.98 Å². The van der Waals surface area contributed by atoms with Crippen molar-refractivity contribution in [3.63, 3.8) is 0 Å². The van der Waals surface area contributed by atoms with Crippen LogP contribution in [0.2, 0.25) is 5.02 Å². The fraction of sp³-hybridized carbons (Fsp3) is 0. The summed E-state index contributed by atoms with van der Waals surface area (Å²) in [5, 5.41) is 9.90. The lowest BCUT2D eigenvalue weighted by atomic mass is 10.2. The van der Waals surface area contributed by atoms with Gasteiger partial charge < -0.3 is 5.11 Å². The monoisotopic (exact) mass is 304 g/mol. The standard InChI is InChI=1S/C14H9ClN2O2S/c15-10-4-1-9(2-5-10)3-6-11-12(13(18)19)20-14-16-7-8-17(11)14/h1-8H,(H,18,19)/b6-3+. The summed E-state index contributed by atoms with van der Waals surface area (Å²) in [6, 6.07) is 7.33. The molecule has 0 amide bonds. The van der Waals surface area contributed by atoms with Crippen LogP contribution < -0.4 is 0 Å². The predicted molar refractivity (Wildman–Crippen MR) is 80.4 cm³/mol. The molecular weight excluding hydrogens is 296 g/mol. The number of fused-ring (bicyclic) bond motifs is 1. The molecule has 0 fully saturated rings. The van der Waals surface area contributed by atoms with Gasteiger partial charge in [0.25, 0.3) is 0 Å². The van der Waals surface area contributed by atoms with Gasteiger partial charge in [-0.05, 0) is 23.8 Å². The number of imidazole rings is 1. The Bertz CT molecular complexity index is 802. The summed E-state index contributed by atoms with van der Waals surface area (Å²) in [4.78, 5) is 16.3. The molecule has 3 rings (SSSR count). The number of halogens is 1. The molecule has 0 aliphatic rings. The summed E-state index contributed by atoms with van der Waals surface area (Å²) < 4.78 is 1.76. The van der Waals surface area contributed by atoms with Gasteiger partial charge in [-0.15, -0.1) is 0 Å². The van der Waals surface area contributed by atoms with Crippen molar-refractivity contribution in [1.82, 2.24) is 9.38 Å². The van der Waals surface area contributed by atoms with Gasteiger partial charge in [0.1, 0.15) is 4.88 Å². The van der Waals surface area contributed by atoms with Crippen LogP contribution in [0.5, 0.6) is 0 Å². The Balaban J connectivity index is 2.04. The van der Waals surface area contributed by atoms with Gasteiger partial charge in [-0.25, -0.2) is 9.78 Å². The molecule has 0 saturated carbocycles. The van der Waals surface area contributed by atoms with Gasteiger partial charge >= 0.3 is 5.97 Å². The number of rotatable bonds is 3. The fourth-order valence-corrected chi connectivity index (χ4v) is 2.90. The third kappa shape index (κ3) is 2.33. The Labute approximate surface area is 123 Å². The second-order valence-corrected chi connectivity index (χ2v) is 5.50. The van der Waals surface area contributed by atoms with E-state index in [4.69, 9.17) is 11.6 Å². The molecule has 20 heavy (non-hydrogen) atoms. The maximum atomic E-state index is 11.3. The topological polar surface area (TPSA) is 54.6 Å². The van der Waals surface area contributed by atoms with Gasteiger partial charge in [0.2, 0.25) is 0 Å². The summed E-state index contributed by atoms with van der Waals surface area (Å²) in [5.41, 5.74) is 1.56. The first-order valence-electron chi connectivity index (χ1n) is 5.78. The molecule has 0 aliphatic carbocycles. The molecule has 6 heteroatoms. The quantitative estimate of drug-likeness (QED) is 0.798. The highest BCUT2D eigenvalue weighted by atomic mass is 35.5. The number of thiazole rings is 1. The third-order valence-corrected chi connectivity index (χ3v) is 4.11. The van der Waals surface area contributed by atoms with E-state index in [-0.39, 0.29) is 4.88 Å². The molecule has 0 unspecified atom stereocenters. The van der Waals surface area contributed by atoms with Gasteiger partial charge in [0.05, 0.1) is 5.69 Å². The Morgan fingerprint density at radius 1 is 1.30 bits per heavy atom. The van der Waals surface area contributed by atoms with Gasteiger partial charge in [0.15, 0.2) is 4.96 Å². The maximum Gasteiger partial charge on any atom is 0.348 e. The number of hydrogen-bond donors (Lipinski definition) is 1. The van der Waals surface area contributed by atoms with Crippen molar-refractivity contribution in [2.75, 3.05) is 0 Å². The number of aromatic nitrogens is 2. The first kappa shape index (κ1) is 12.9. The molecule has 2 aromatic heterocycles. The fourth-order valence-electron chi connectivity index (χ4n) is 1.86. The van der Waals surface area contributed by atoms with Crippen molar-refractivity contribution >= 4 is 46.0 Å². The SMILES string of the molecule is O=C(O)c1sc2nccn2c1/C=C/c1ccc(Cl)cc1. The van der Waals surface area contributed by atoms with Crippen LogP contribution in [-0.2, 0) is 0 Å². The minimum absolute atomic E-state index is 0.276. The summed E-state index contributed by atoms with van der Waals surface area (Å²) >= 11 is 6.99. The van der Waals surface area contributed by atoms with Gasteiger partial charge in [-0.3, -0.25) is 4.40 Å². The number of hydrogen-bond acceptors (Lipinski definition) is 3. The van der Waals surface area contributed by atoms with Crippen LogP contribution in [0, 0.1) is 0 Å². The molecule has 4 nitrogen and oxygen atoms in total. The van der Waals surface area contributed by atoms with Crippen LogP contribution >= 0.6 is 22.9 Å². The second kappa shape index (κ2) is 5.11. The molecule has 0 atom stereocenters.